The second-order valence-corrected chi connectivity index (χ2v) is 5.94. The highest BCUT2D eigenvalue weighted by Gasteiger charge is 2.04. The van der Waals surface area contributed by atoms with Crippen LogP contribution in [0.2, 0.25) is 0 Å². The molecule has 1 unspecified atom stereocenters. The Morgan fingerprint density at radius 2 is 2.12 bits per heavy atom. The van der Waals surface area contributed by atoms with E-state index in [1.165, 1.54) is 6.42 Å². The molecular weight excluding hydrogens is 216 g/mol. The van der Waals surface area contributed by atoms with Gasteiger partial charge in [0, 0.05) is 18.0 Å². The predicted octanol–water partition coefficient (Wildman–Crippen LogP) is 3.20. The molecule has 90 valence electrons. The van der Waals surface area contributed by atoms with Gasteiger partial charge in [-0.25, -0.2) is 4.98 Å². The molecule has 1 N–H and O–H groups in total. The Kier molecular flexibility index (Phi) is 6.50. The zero-order chi connectivity index (χ0) is 11.8. The van der Waals surface area contributed by atoms with E-state index in [2.05, 4.69) is 37.1 Å². The van der Waals surface area contributed by atoms with Crippen LogP contribution in [-0.2, 0) is 0 Å². The van der Waals surface area contributed by atoms with Crippen LogP contribution in [0.1, 0.15) is 27.2 Å². The predicted molar refractivity (Wildman–Crippen MR) is 71.9 cm³/mol. The van der Waals surface area contributed by atoms with E-state index in [-0.39, 0.29) is 0 Å². The van der Waals surface area contributed by atoms with Gasteiger partial charge in [-0.15, -0.1) is 11.8 Å². The van der Waals surface area contributed by atoms with Crippen molar-refractivity contribution in [2.75, 3.05) is 13.1 Å². The molecule has 1 aromatic heterocycles. The van der Waals surface area contributed by atoms with Crippen LogP contribution in [-0.4, -0.2) is 23.3 Å². The Balaban J connectivity index is 2.14. The van der Waals surface area contributed by atoms with Crippen LogP contribution in [0.4, 0.5) is 0 Å². The monoisotopic (exact) mass is 238 g/mol. The fraction of sp³-hybridized carbons (Fsp3) is 0.615. The molecule has 0 saturated carbocycles. The number of nitrogens with one attached hydrogen (secondary N) is 1. The Morgan fingerprint density at radius 1 is 1.31 bits per heavy atom. The molecule has 2 nitrogen and oxygen atoms in total. The lowest BCUT2D eigenvalue weighted by atomic mass is 10.1. The maximum Gasteiger partial charge on any atom is 0.0962 e. The van der Waals surface area contributed by atoms with E-state index in [0.717, 1.165) is 24.0 Å². The summed E-state index contributed by atoms with van der Waals surface area (Å²) < 4.78 is 0. The fourth-order valence-electron chi connectivity index (χ4n) is 1.36. The van der Waals surface area contributed by atoms with E-state index in [1.807, 2.05) is 30.1 Å². The minimum Gasteiger partial charge on any atom is -0.316 e. The summed E-state index contributed by atoms with van der Waals surface area (Å²) in [6, 6.07) is 6.05. The van der Waals surface area contributed by atoms with E-state index in [4.69, 9.17) is 0 Å². The number of thioether (sulfide) groups is 1. The molecule has 0 aliphatic rings. The number of pyridine rings is 1. The molecule has 3 heteroatoms. The van der Waals surface area contributed by atoms with Gasteiger partial charge in [0.2, 0.25) is 0 Å². The van der Waals surface area contributed by atoms with Crippen molar-refractivity contribution in [3.63, 3.8) is 0 Å². The van der Waals surface area contributed by atoms with Gasteiger partial charge in [0.05, 0.1) is 5.03 Å². The quantitative estimate of drug-likeness (QED) is 0.583. The Labute approximate surface area is 103 Å². The highest BCUT2D eigenvalue weighted by atomic mass is 32.2. The summed E-state index contributed by atoms with van der Waals surface area (Å²) in [5.41, 5.74) is 0. The van der Waals surface area contributed by atoms with Crippen molar-refractivity contribution in [1.82, 2.24) is 10.3 Å². The highest BCUT2D eigenvalue weighted by molar-refractivity contribution is 7.99. The topological polar surface area (TPSA) is 24.9 Å². The third-order valence-corrected chi connectivity index (χ3v) is 3.34. The molecule has 0 aromatic carbocycles. The van der Waals surface area contributed by atoms with Gasteiger partial charge >= 0.3 is 0 Å². The van der Waals surface area contributed by atoms with Crippen LogP contribution < -0.4 is 5.32 Å². The van der Waals surface area contributed by atoms with Crippen molar-refractivity contribution >= 4 is 11.8 Å². The molecule has 0 amide bonds. The Hall–Kier alpha value is -0.540. The average molecular weight is 238 g/mol. The van der Waals surface area contributed by atoms with Crippen molar-refractivity contribution in [1.29, 1.82) is 0 Å². The lowest BCUT2D eigenvalue weighted by Crippen LogP contribution is -2.24. The van der Waals surface area contributed by atoms with Gasteiger partial charge in [-0.2, -0.15) is 0 Å². The Bertz CT molecular complexity index is 275. The van der Waals surface area contributed by atoms with Crippen molar-refractivity contribution in [2.45, 2.75) is 37.5 Å². The smallest absolute Gasteiger partial charge is 0.0962 e. The summed E-state index contributed by atoms with van der Waals surface area (Å²) >= 11 is 1.83. The molecule has 0 saturated heterocycles. The van der Waals surface area contributed by atoms with Gasteiger partial charge in [-0.05, 0) is 31.0 Å². The van der Waals surface area contributed by atoms with Gasteiger partial charge in [0.25, 0.3) is 0 Å². The normalized spacial score (nSPS) is 13.0. The van der Waals surface area contributed by atoms with Gasteiger partial charge in [-0.1, -0.05) is 26.8 Å². The van der Waals surface area contributed by atoms with E-state index in [9.17, 15) is 0 Å². The molecule has 0 fully saturated rings. The largest absolute Gasteiger partial charge is 0.316 e. The van der Waals surface area contributed by atoms with Crippen LogP contribution >= 0.6 is 11.8 Å². The van der Waals surface area contributed by atoms with Crippen LogP contribution in [0.15, 0.2) is 29.4 Å². The number of hydrogen-bond donors (Lipinski definition) is 1. The minimum absolute atomic E-state index is 0.571. The minimum atomic E-state index is 0.571. The lowest BCUT2D eigenvalue weighted by molar-refractivity contribution is 0.539. The van der Waals surface area contributed by atoms with Gasteiger partial charge in [-0.3, -0.25) is 0 Å². The first-order chi connectivity index (χ1) is 7.68. The molecule has 0 bridgehead atoms. The molecule has 0 radical (unpaired) electrons. The van der Waals surface area contributed by atoms with Gasteiger partial charge in [0.1, 0.15) is 0 Å². The van der Waals surface area contributed by atoms with Crippen molar-refractivity contribution in [2.24, 2.45) is 5.92 Å². The second kappa shape index (κ2) is 7.69. The van der Waals surface area contributed by atoms with E-state index in [1.54, 1.807) is 0 Å². The zero-order valence-electron chi connectivity index (χ0n) is 10.4. The third kappa shape index (κ3) is 6.13. The van der Waals surface area contributed by atoms with Crippen molar-refractivity contribution < 1.29 is 0 Å². The SMILES string of the molecule is CC(C)CCNCC(C)Sc1ccccn1. The Morgan fingerprint density at radius 3 is 2.75 bits per heavy atom. The third-order valence-electron chi connectivity index (χ3n) is 2.29. The maximum atomic E-state index is 4.31. The fourth-order valence-corrected chi connectivity index (χ4v) is 2.25. The molecule has 1 heterocycles. The van der Waals surface area contributed by atoms with Gasteiger partial charge < -0.3 is 5.32 Å². The summed E-state index contributed by atoms with van der Waals surface area (Å²) in [7, 11) is 0. The molecule has 0 aliphatic heterocycles. The summed E-state index contributed by atoms with van der Waals surface area (Å²) in [6.45, 7) is 8.92. The lowest BCUT2D eigenvalue weighted by Gasteiger charge is -2.12. The number of aromatic nitrogens is 1. The van der Waals surface area contributed by atoms with Crippen LogP contribution in [0.5, 0.6) is 0 Å². The number of hydrogen-bond acceptors (Lipinski definition) is 3. The molecule has 1 aromatic rings. The molecule has 1 rings (SSSR count). The van der Waals surface area contributed by atoms with Crippen molar-refractivity contribution in [3.05, 3.63) is 24.4 Å². The highest BCUT2D eigenvalue weighted by Crippen LogP contribution is 2.19. The van der Waals surface area contributed by atoms with E-state index >= 15 is 0 Å². The standard InChI is InChI=1S/C13H22N2S/c1-11(2)7-9-14-10-12(3)16-13-6-4-5-8-15-13/h4-6,8,11-12,14H,7,9-10H2,1-3H3. The average Bonchev–Trinajstić information content (AvgIpc) is 2.25. The van der Waals surface area contributed by atoms with E-state index in [0.29, 0.717) is 5.25 Å². The number of nitrogens with zero attached hydrogens (tertiary/aromatic N) is 1. The first kappa shape index (κ1) is 13.5. The molecule has 1 atom stereocenters. The molecule has 16 heavy (non-hydrogen) atoms. The first-order valence-corrected chi connectivity index (χ1v) is 6.85. The van der Waals surface area contributed by atoms with E-state index < -0.39 is 0 Å². The summed E-state index contributed by atoms with van der Waals surface area (Å²) in [6.07, 6.45) is 3.10. The van der Waals surface area contributed by atoms with Crippen molar-refractivity contribution in [3.8, 4) is 0 Å². The molecule has 0 spiro atoms. The van der Waals surface area contributed by atoms with Crippen LogP contribution in [0.3, 0.4) is 0 Å². The zero-order valence-corrected chi connectivity index (χ0v) is 11.3. The first-order valence-electron chi connectivity index (χ1n) is 5.97. The van der Waals surface area contributed by atoms with Crippen LogP contribution in [0, 0.1) is 5.92 Å². The summed E-state index contributed by atoms with van der Waals surface area (Å²) in [5, 5.41) is 5.17. The maximum absolute atomic E-state index is 4.31. The summed E-state index contributed by atoms with van der Waals surface area (Å²) in [4.78, 5) is 4.31. The van der Waals surface area contributed by atoms with Gasteiger partial charge in [0.15, 0.2) is 0 Å². The molecular formula is C13H22N2S. The molecule has 0 aliphatic carbocycles. The van der Waals surface area contributed by atoms with Crippen LogP contribution in [0.25, 0.3) is 0 Å². The number of rotatable bonds is 7. The second-order valence-electron chi connectivity index (χ2n) is 4.48. The summed E-state index contributed by atoms with van der Waals surface area (Å²) in [5.74, 6) is 0.784.